The van der Waals surface area contributed by atoms with Crippen LogP contribution < -0.4 is 11.1 Å². The van der Waals surface area contributed by atoms with Gasteiger partial charge in [0, 0.05) is 5.56 Å². The second kappa shape index (κ2) is 5.44. The van der Waals surface area contributed by atoms with Gasteiger partial charge in [0.15, 0.2) is 0 Å². The molecule has 5 heteroatoms. The average Bonchev–Trinajstić information content (AvgIpc) is 2.29. The molecule has 1 amide bonds. The molecule has 3 nitrogen and oxygen atoms in total. The van der Waals surface area contributed by atoms with Crippen molar-refractivity contribution in [3.63, 3.8) is 0 Å². The highest BCUT2D eigenvalue weighted by Gasteiger charge is 2.35. The van der Waals surface area contributed by atoms with Gasteiger partial charge in [-0.15, -0.1) is 0 Å². The van der Waals surface area contributed by atoms with Crippen LogP contribution in [0.5, 0.6) is 0 Å². The smallest absolute Gasteiger partial charge is 0.242 e. The van der Waals surface area contributed by atoms with Crippen LogP contribution in [0.4, 0.5) is 8.78 Å². The minimum atomic E-state index is -1.42. The van der Waals surface area contributed by atoms with Crippen LogP contribution in [-0.2, 0) is 10.3 Å². The Morgan fingerprint density at radius 1 is 1.44 bits per heavy atom. The fraction of sp³-hybridized carbons (Fsp3) is 0.462. The molecule has 1 aromatic carbocycles. The van der Waals surface area contributed by atoms with Gasteiger partial charge < -0.3 is 5.73 Å². The van der Waals surface area contributed by atoms with Gasteiger partial charge in [0.05, 0.1) is 0 Å². The van der Waals surface area contributed by atoms with Crippen LogP contribution >= 0.6 is 0 Å². The fourth-order valence-corrected chi connectivity index (χ4v) is 1.60. The third-order valence-corrected chi connectivity index (χ3v) is 2.82. The maximum Gasteiger partial charge on any atom is 0.242 e. The van der Waals surface area contributed by atoms with Gasteiger partial charge in [-0.05, 0) is 37.6 Å². The first-order valence-electron chi connectivity index (χ1n) is 5.78. The quantitative estimate of drug-likeness (QED) is 0.845. The maximum atomic E-state index is 13.7. The minimum absolute atomic E-state index is 0.0735. The number of carbonyl (C=O) groups excluding carboxylic acids is 1. The monoisotopic (exact) mass is 256 g/mol. The van der Waals surface area contributed by atoms with Crippen molar-refractivity contribution in [2.45, 2.75) is 26.3 Å². The summed E-state index contributed by atoms with van der Waals surface area (Å²) in [6, 6.07) is 2.99. The van der Waals surface area contributed by atoms with E-state index in [1.54, 1.807) is 0 Å². The van der Waals surface area contributed by atoms with Crippen LogP contribution in [0.1, 0.15) is 26.3 Å². The van der Waals surface area contributed by atoms with Gasteiger partial charge in [0.25, 0.3) is 0 Å². The lowest BCUT2D eigenvalue weighted by Crippen LogP contribution is -2.52. The zero-order chi connectivity index (χ0) is 13.9. The molecule has 0 aliphatic heterocycles. The predicted octanol–water partition coefficient (Wildman–Crippen LogP) is 1.91. The topological polar surface area (TPSA) is 55.1 Å². The minimum Gasteiger partial charge on any atom is -0.368 e. The molecule has 0 bridgehead atoms. The van der Waals surface area contributed by atoms with Gasteiger partial charge in [0.1, 0.15) is 17.2 Å². The van der Waals surface area contributed by atoms with Crippen molar-refractivity contribution < 1.29 is 13.6 Å². The number of benzene rings is 1. The van der Waals surface area contributed by atoms with E-state index in [2.05, 4.69) is 5.32 Å². The summed E-state index contributed by atoms with van der Waals surface area (Å²) in [5.41, 5.74) is 3.82. The van der Waals surface area contributed by atoms with E-state index in [0.29, 0.717) is 6.54 Å². The molecule has 0 fully saturated rings. The number of rotatable bonds is 5. The molecule has 0 saturated carbocycles. The fourth-order valence-electron chi connectivity index (χ4n) is 1.60. The van der Waals surface area contributed by atoms with Crippen molar-refractivity contribution >= 4 is 5.91 Å². The first kappa shape index (κ1) is 14.6. The molecule has 0 spiro atoms. The van der Waals surface area contributed by atoms with E-state index in [0.717, 1.165) is 18.2 Å². The Kier molecular flexibility index (Phi) is 4.40. The van der Waals surface area contributed by atoms with Crippen LogP contribution in [0, 0.1) is 17.6 Å². The van der Waals surface area contributed by atoms with Crippen LogP contribution in [0.2, 0.25) is 0 Å². The molecule has 18 heavy (non-hydrogen) atoms. The molecular formula is C13H18F2N2O. The average molecular weight is 256 g/mol. The van der Waals surface area contributed by atoms with Crippen molar-refractivity contribution in [2.75, 3.05) is 6.54 Å². The van der Waals surface area contributed by atoms with E-state index < -0.39 is 23.1 Å². The summed E-state index contributed by atoms with van der Waals surface area (Å²) >= 11 is 0. The second-order valence-corrected chi connectivity index (χ2v) is 4.89. The molecule has 0 saturated heterocycles. The third kappa shape index (κ3) is 3.04. The van der Waals surface area contributed by atoms with Gasteiger partial charge in [0.2, 0.25) is 5.91 Å². The molecule has 3 N–H and O–H groups in total. The molecule has 1 unspecified atom stereocenters. The van der Waals surface area contributed by atoms with Crippen molar-refractivity contribution in [2.24, 2.45) is 11.7 Å². The summed E-state index contributed by atoms with van der Waals surface area (Å²) < 4.78 is 26.9. The van der Waals surface area contributed by atoms with Crippen LogP contribution in [0.3, 0.4) is 0 Å². The summed E-state index contributed by atoms with van der Waals surface area (Å²) in [5.74, 6) is -1.76. The van der Waals surface area contributed by atoms with Gasteiger partial charge in [-0.1, -0.05) is 13.8 Å². The number of amides is 1. The summed E-state index contributed by atoms with van der Waals surface area (Å²) in [7, 11) is 0. The number of hydrogen-bond donors (Lipinski definition) is 2. The van der Waals surface area contributed by atoms with Crippen LogP contribution in [-0.4, -0.2) is 12.5 Å². The molecule has 0 radical (unpaired) electrons. The zero-order valence-corrected chi connectivity index (χ0v) is 10.8. The Morgan fingerprint density at radius 3 is 2.56 bits per heavy atom. The van der Waals surface area contributed by atoms with E-state index in [9.17, 15) is 13.6 Å². The standard InChI is InChI=1S/C13H18F2N2O/c1-8(2)7-17-13(3,12(16)18)10-6-9(14)4-5-11(10)15/h4-6,8,17H,7H2,1-3H3,(H2,16,18). The van der Waals surface area contributed by atoms with Gasteiger partial charge >= 0.3 is 0 Å². The molecular weight excluding hydrogens is 238 g/mol. The maximum absolute atomic E-state index is 13.7. The summed E-state index contributed by atoms with van der Waals surface area (Å²) in [5, 5.41) is 2.90. The molecule has 1 aromatic rings. The third-order valence-electron chi connectivity index (χ3n) is 2.82. The first-order valence-corrected chi connectivity index (χ1v) is 5.78. The highest BCUT2D eigenvalue weighted by atomic mass is 19.1. The van der Waals surface area contributed by atoms with Gasteiger partial charge in [-0.3, -0.25) is 10.1 Å². The largest absolute Gasteiger partial charge is 0.368 e. The highest BCUT2D eigenvalue weighted by Crippen LogP contribution is 2.24. The lowest BCUT2D eigenvalue weighted by atomic mass is 9.90. The second-order valence-electron chi connectivity index (χ2n) is 4.89. The van der Waals surface area contributed by atoms with Crippen molar-refractivity contribution in [1.29, 1.82) is 0 Å². The number of halogens is 2. The molecule has 1 rings (SSSR count). The molecule has 0 heterocycles. The normalized spacial score (nSPS) is 14.6. The Bertz CT molecular complexity index is 449. The van der Waals surface area contributed by atoms with Crippen molar-refractivity contribution in [3.8, 4) is 0 Å². The zero-order valence-electron chi connectivity index (χ0n) is 10.8. The van der Waals surface area contributed by atoms with E-state index in [4.69, 9.17) is 5.73 Å². The van der Waals surface area contributed by atoms with E-state index in [1.165, 1.54) is 6.92 Å². The number of primary amides is 1. The Labute approximate surface area is 105 Å². The molecule has 0 aliphatic carbocycles. The molecule has 100 valence electrons. The predicted molar refractivity (Wildman–Crippen MR) is 65.7 cm³/mol. The summed E-state index contributed by atoms with van der Waals surface area (Å²) in [6.45, 7) is 5.80. The van der Waals surface area contributed by atoms with E-state index >= 15 is 0 Å². The lowest BCUT2D eigenvalue weighted by Gasteiger charge is -2.29. The molecule has 0 aromatic heterocycles. The lowest BCUT2D eigenvalue weighted by molar-refractivity contribution is -0.124. The first-order chi connectivity index (χ1) is 8.27. The Hall–Kier alpha value is -1.49. The van der Waals surface area contributed by atoms with Crippen LogP contribution in [0.15, 0.2) is 18.2 Å². The number of nitrogens with two attached hydrogens (primary N) is 1. The van der Waals surface area contributed by atoms with Crippen LogP contribution in [0.25, 0.3) is 0 Å². The SMILES string of the molecule is CC(C)CNC(C)(C(N)=O)c1cc(F)ccc1F. The number of hydrogen-bond acceptors (Lipinski definition) is 2. The van der Waals surface area contributed by atoms with Crippen molar-refractivity contribution in [1.82, 2.24) is 5.32 Å². The Morgan fingerprint density at radius 2 is 2.06 bits per heavy atom. The van der Waals surface area contributed by atoms with Gasteiger partial charge in [-0.25, -0.2) is 8.78 Å². The van der Waals surface area contributed by atoms with E-state index in [-0.39, 0.29) is 11.5 Å². The summed E-state index contributed by atoms with van der Waals surface area (Å²) in [6.07, 6.45) is 0. The molecule has 0 aliphatic rings. The molecule has 1 atom stereocenters. The Balaban J connectivity index is 3.18. The van der Waals surface area contributed by atoms with Gasteiger partial charge in [-0.2, -0.15) is 0 Å². The van der Waals surface area contributed by atoms with E-state index in [1.807, 2.05) is 13.8 Å². The summed E-state index contributed by atoms with van der Waals surface area (Å²) in [4.78, 5) is 11.6. The highest BCUT2D eigenvalue weighted by molar-refractivity contribution is 5.85. The number of carbonyl (C=O) groups is 1. The number of nitrogens with one attached hydrogen (secondary N) is 1. The van der Waals surface area contributed by atoms with Crippen molar-refractivity contribution in [3.05, 3.63) is 35.4 Å².